The highest BCUT2D eigenvalue weighted by Crippen LogP contribution is 2.28. The second-order valence-corrected chi connectivity index (χ2v) is 6.64. The molecular weight excluding hydrogens is 451 g/mol. The Bertz CT molecular complexity index is 768. The molecule has 1 aliphatic rings. The van der Waals surface area contributed by atoms with Crippen molar-refractivity contribution in [2.75, 3.05) is 26.2 Å². The summed E-state index contributed by atoms with van der Waals surface area (Å²) >= 11 is 0. The summed E-state index contributed by atoms with van der Waals surface area (Å²) < 4.78 is 0. The van der Waals surface area contributed by atoms with Crippen LogP contribution in [0.3, 0.4) is 0 Å². The average Bonchev–Trinajstić information content (AvgIpc) is 3.50. The van der Waals surface area contributed by atoms with Crippen molar-refractivity contribution in [3.05, 3.63) is 48.0 Å². The molecule has 3 rings (SSSR count). The standard InChI is InChI=1S/C21H28N4O.HI/c1-2-22-21(25-15-14-23-20(26)18-10-11-18)24-13-12-17-8-5-7-16-6-3-4-9-19(16)17;/h3-9,18H,2,10-15H2,1H3,(H,23,26)(H2,22,24,25);1H. The van der Waals surface area contributed by atoms with Crippen LogP contribution in [0.2, 0.25) is 0 Å². The first-order valence-corrected chi connectivity index (χ1v) is 9.54. The third-order valence-electron chi connectivity index (χ3n) is 4.54. The number of aliphatic imine (C=N–C) groups is 1. The van der Waals surface area contributed by atoms with E-state index in [9.17, 15) is 4.79 Å². The number of nitrogens with one attached hydrogen (secondary N) is 3. The van der Waals surface area contributed by atoms with Gasteiger partial charge in [-0.1, -0.05) is 42.5 Å². The molecule has 0 radical (unpaired) electrons. The Morgan fingerprint density at radius 2 is 1.78 bits per heavy atom. The van der Waals surface area contributed by atoms with Gasteiger partial charge in [-0.15, -0.1) is 24.0 Å². The molecule has 1 aliphatic carbocycles. The molecule has 27 heavy (non-hydrogen) atoms. The van der Waals surface area contributed by atoms with E-state index in [0.29, 0.717) is 13.1 Å². The number of hydrogen-bond donors (Lipinski definition) is 3. The van der Waals surface area contributed by atoms with Crippen molar-refractivity contribution >= 4 is 46.6 Å². The van der Waals surface area contributed by atoms with Crippen molar-refractivity contribution in [3.8, 4) is 0 Å². The minimum atomic E-state index is 0. The van der Waals surface area contributed by atoms with E-state index in [1.54, 1.807) is 0 Å². The average molecular weight is 480 g/mol. The van der Waals surface area contributed by atoms with E-state index in [1.807, 2.05) is 0 Å². The van der Waals surface area contributed by atoms with Gasteiger partial charge in [0.15, 0.2) is 5.96 Å². The molecule has 0 atom stereocenters. The number of halogens is 1. The highest BCUT2D eigenvalue weighted by Gasteiger charge is 2.28. The Kier molecular flexibility index (Phi) is 8.84. The topological polar surface area (TPSA) is 65.5 Å². The Balaban J connectivity index is 0.00000261. The van der Waals surface area contributed by atoms with Gasteiger partial charge in [-0.2, -0.15) is 0 Å². The first kappa shape index (κ1) is 21.5. The maximum Gasteiger partial charge on any atom is 0.223 e. The molecule has 1 saturated carbocycles. The number of fused-ring (bicyclic) bond motifs is 1. The predicted octanol–water partition coefficient (Wildman–Crippen LogP) is 3.08. The highest BCUT2D eigenvalue weighted by molar-refractivity contribution is 14.0. The summed E-state index contributed by atoms with van der Waals surface area (Å²) in [4.78, 5) is 16.3. The van der Waals surface area contributed by atoms with Gasteiger partial charge in [0, 0.05) is 32.1 Å². The molecule has 3 N–H and O–H groups in total. The Morgan fingerprint density at radius 3 is 2.56 bits per heavy atom. The van der Waals surface area contributed by atoms with Crippen LogP contribution in [0, 0.1) is 5.92 Å². The number of benzene rings is 2. The zero-order chi connectivity index (χ0) is 18.2. The number of nitrogens with zero attached hydrogens (tertiary/aromatic N) is 1. The molecule has 0 unspecified atom stereocenters. The lowest BCUT2D eigenvalue weighted by atomic mass is 10.0. The van der Waals surface area contributed by atoms with Crippen LogP contribution in [0.1, 0.15) is 25.3 Å². The van der Waals surface area contributed by atoms with E-state index in [-0.39, 0.29) is 35.8 Å². The first-order valence-electron chi connectivity index (χ1n) is 9.54. The largest absolute Gasteiger partial charge is 0.357 e. The van der Waals surface area contributed by atoms with E-state index < -0.39 is 0 Å². The molecule has 2 aromatic rings. The van der Waals surface area contributed by atoms with Gasteiger partial charge in [-0.3, -0.25) is 9.79 Å². The van der Waals surface area contributed by atoms with Crippen LogP contribution in [0.4, 0.5) is 0 Å². The van der Waals surface area contributed by atoms with Gasteiger partial charge in [-0.05, 0) is 42.5 Å². The van der Waals surface area contributed by atoms with Crippen molar-refractivity contribution in [2.24, 2.45) is 10.9 Å². The maximum atomic E-state index is 11.6. The summed E-state index contributed by atoms with van der Waals surface area (Å²) in [5.74, 6) is 1.25. The number of amides is 1. The van der Waals surface area contributed by atoms with Gasteiger partial charge < -0.3 is 16.0 Å². The molecule has 0 saturated heterocycles. The van der Waals surface area contributed by atoms with Gasteiger partial charge in [0.1, 0.15) is 0 Å². The molecule has 0 spiro atoms. The number of hydrogen-bond acceptors (Lipinski definition) is 2. The summed E-state index contributed by atoms with van der Waals surface area (Å²) in [5, 5.41) is 12.1. The number of carbonyl (C=O) groups is 1. The Hall–Kier alpha value is -1.83. The van der Waals surface area contributed by atoms with Crippen LogP contribution < -0.4 is 16.0 Å². The van der Waals surface area contributed by atoms with Crippen LogP contribution in [0.15, 0.2) is 47.5 Å². The first-order chi connectivity index (χ1) is 12.8. The predicted molar refractivity (Wildman–Crippen MR) is 123 cm³/mol. The quantitative estimate of drug-likeness (QED) is 0.236. The number of guanidine groups is 1. The molecule has 2 aromatic carbocycles. The molecular formula is C21H29IN4O. The van der Waals surface area contributed by atoms with Crippen LogP contribution >= 0.6 is 24.0 Å². The normalized spacial score (nSPS) is 13.7. The van der Waals surface area contributed by atoms with Gasteiger partial charge in [-0.25, -0.2) is 0 Å². The fraction of sp³-hybridized carbons (Fsp3) is 0.429. The molecule has 0 aliphatic heterocycles. The van der Waals surface area contributed by atoms with Gasteiger partial charge in [0.25, 0.3) is 0 Å². The molecule has 1 fully saturated rings. The summed E-state index contributed by atoms with van der Waals surface area (Å²) in [5.41, 5.74) is 1.32. The zero-order valence-corrected chi connectivity index (χ0v) is 18.2. The van der Waals surface area contributed by atoms with E-state index in [0.717, 1.165) is 38.3 Å². The molecule has 6 heteroatoms. The van der Waals surface area contributed by atoms with E-state index in [1.165, 1.54) is 16.3 Å². The van der Waals surface area contributed by atoms with Gasteiger partial charge >= 0.3 is 0 Å². The second-order valence-electron chi connectivity index (χ2n) is 6.64. The monoisotopic (exact) mass is 480 g/mol. The maximum absolute atomic E-state index is 11.6. The summed E-state index contributed by atoms with van der Waals surface area (Å²) in [6.45, 7) is 4.89. The number of rotatable bonds is 8. The second kappa shape index (κ2) is 11.1. The molecule has 146 valence electrons. The van der Waals surface area contributed by atoms with Crippen LogP contribution in [0.5, 0.6) is 0 Å². The summed E-state index contributed by atoms with van der Waals surface area (Å²) in [6, 6.07) is 14.9. The fourth-order valence-corrected chi connectivity index (χ4v) is 3.00. The zero-order valence-electron chi connectivity index (χ0n) is 15.8. The molecule has 0 heterocycles. The van der Waals surface area contributed by atoms with Crippen LogP contribution in [0.25, 0.3) is 10.8 Å². The fourth-order valence-electron chi connectivity index (χ4n) is 3.00. The third kappa shape index (κ3) is 6.68. The molecule has 5 nitrogen and oxygen atoms in total. The smallest absolute Gasteiger partial charge is 0.223 e. The van der Waals surface area contributed by atoms with E-state index in [4.69, 9.17) is 0 Å². The SMILES string of the molecule is CCNC(=NCCc1cccc2ccccc12)NCCNC(=O)C1CC1.I. The Labute approximate surface area is 178 Å². The minimum Gasteiger partial charge on any atom is -0.357 e. The number of carbonyl (C=O) groups excluding carboxylic acids is 1. The molecule has 0 bridgehead atoms. The third-order valence-corrected chi connectivity index (χ3v) is 4.54. The summed E-state index contributed by atoms with van der Waals surface area (Å²) in [7, 11) is 0. The van der Waals surface area contributed by atoms with Gasteiger partial charge in [0.2, 0.25) is 5.91 Å². The lowest BCUT2D eigenvalue weighted by Crippen LogP contribution is -2.41. The highest BCUT2D eigenvalue weighted by atomic mass is 127. The van der Waals surface area contributed by atoms with Crippen LogP contribution in [-0.2, 0) is 11.2 Å². The minimum absolute atomic E-state index is 0. The van der Waals surface area contributed by atoms with Gasteiger partial charge in [0.05, 0.1) is 0 Å². The lowest BCUT2D eigenvalue weighted by Gasteiger charge is -2.12. The van der Waals surface area contributed by atoms with Crippen molar-refractivity contribution in [3.63, 3.8) is 0 Å². The van der Waals surface area contributed by atoms with Crippen LogP contribution in [-0.4, -0.2) is 38.0 Å². The van der Waals surface area contributed by atoms with Crippen molar-refractivity contribution in [1.82, 2.24) is 16.0 Å². The van der Waals surface area contributed by atoms with E-state index in [2.05, 4.69) is 70.3 Å². The van der Waals surface area contributed by atoms with E-state index >= 15 is 0 Å². The summed E-state index contributed by atoms with van der Waals surface area (Å²) in [6.07, 6.45) is 2.98. The molecule has 0 aromatic heterocycles. The molecule has 1 amide bonds. The van der Waals surface area contributed by atoms with Crippen molar-refractivity contribution < 1.29 is 4.79 Å². The Morgan fingerprint density at radius 1 is 1.04 bits per heavy atom. The lowest BCUT2D eigenvalue weighted by molar-refractivity contribution is -0.122. The van der Waals surface area contributed by atoms with Crippen molar-refractivity contribution in [1.29, 1.82) is 0 Å². The van der Waals surface area contributed by atoms with Crippen molar-refractivity contribution in [2.45, 2.75) is 26.2 Å².